The molecule has 0 radical (unpaired) electrons. The zero-order valence-electron chi connectivity index (χ0n) is 9.48. The van der Waals surface area contributed by atoms with E-state index in [2.05, 4.69) is 10.3 Å². The second kappa shape index (κ2) is 5.55. The second-order valence-electron chi connectivity index (χ2n) is 3.42. The summed E-state index contributed by atoms with van der Waals surface area (Å²) in [5, 5.41) is 3.70. The van der Waals surface area contributed by atoms with Gasteiger partial charge >= 0.3 is 0 Å². The van der Waals surface area contributed by atoms with Gasteiger partial charge in [-0.1, -0.05) is 29.8 Å². The summed E-state index contributed by atoms with van der Waals surface area (Å²) in [5.74, 6) is 1.92. The zero-order chi connectivity index (χ0) is 12.1. The molecule has 0 saturated carbocycles. The van der Waals surface area contributed by atoms with E-state index in [4.69, 9.17) is 16.3 Å². The van der Waals surface area contributed by atoms with Crippen molar-refractivity contribution in [1.82, 2.24) is 4.98 Å². The summed E-state index contributed by atoms with van der Waals surface area (Å²) in [4.78, 5) is 4.31. The van der Waals surface area contributed by atoms with Crippen molar-refractivity contribution in [3.8, 4) is 11.6 Å². The Morgan fingerprint density at radius 1 is 1.18 bits per heavy atom. The van der Waals surface area contributed by atoms with Gasteiger partial charge in [0.25, 0.3) is 0 Å². The first-order valence-electron chi connectivity index (χ1n) is 5.43. The highest BCUT2D eigenvalue weighted by molar-refractivity contribution is 6.32. The van der Waals surface area contributed by atoms with Crippen LogP contribution in [0.5, 0.6) is 11.6 Å². The molecule has 2 rings (SSSR count). The summed E-state index contributed by atoms with van der Waals surface area (Å²) >= 11 is 6.01. The fraction of sp³-hybridized carbons (Fsp3) is 0.154. The van der Waals surface area contributed by atoms with Gasteiger partial charge in [0.1, 0.15) is 11.6 Å². The monoisotopic (exact) mass is 248 g/mol. The summed E-state index contributed by atoms with van der Waals surface area (Å²) in [6.07, 6.45) is 0. The average molecular weight is 249 g/mol. The molecule has 2 aromatic rings. The Morgan fingerprint density at radius 2 is 2.00 bits per heavy atom. The summed E-state index contributed by atoms with van der Waals surface area (Å²) in [5.41, 5.74) is 0. The molecule has 3 nitrogen and oxygen atoms in total. The quantitative estimate of drug-likeness (QED) is 0.889. The van der Waals surface area contributed by atoms with Crippen LogP contribution in [0, 0.1) is 0 Å². The smallest absolute Gasteiger partial charge is 0.221 e. The summed E-state index contributed by atoms with van der Waals surface area (Å²) < 4.78 is 5.61. The van der Waals surface area contributed by atoms with Crippen LogP contribution in [0.2, 0.25) is 5.02 Å². The Bertz CT molecular complexity index is 502. The van der Waals surface area contributed by atoms with Crippen LogP contribution in [0.25, 0.3) is 0 Å². The highest BCUT2D eigenvalue weighted by atomic mass is 35.5. The van der Waals surface area contributed by atoms with Crippen LogP contribution < -0.4 is 10.1 Å². The van der Waals surface area contributed by atoms with Crippen LogP contribution in [-0.4, -0.2) is 11.5 Å². The number of benzene rings is 1. The molecule has 4 heteroatoms. The van der Waals surface area contributed by atoms with Gasteiger partial charge in [0.05, 0.1) is 5.02 Å². The van der Waals surface area contributed by atoms with Gasteiger partial charge in [0.15, 0.2) is 0 Å². The van der Waals surface area contributed by atoms with E-state index in [0.29, 0.717) is 16.7 Å². The van der Waals surface area contributed by atoms with Crippen molar-refractivity contribution in [3.05, 3.63) is 47.5 Å². The molecular formula is C13H13ClN2O. The van der Waals surface area contributed by atoms with Crippen LogP contribution in [0.1, 0.15) is 6.92 Å². The number of halogens is 1. The van der Waals surface area contributed by atoms with E-state index in [-0.39, 0.29) is 0 Å². The van der Waals surface area contributed by atoms with Crippen molar-refractivity contribution in [2.45, 2.75) is 6.92 Å². The molecule has 0 aliphatic carbocycles. The van der Waals surface area contributed by atoms with Gasteiger partial charge in [-0.25, -0.2) is 0 Å². The fourth-order valence-corrected chi connectivity index (χ4v) is 1.57. The lowest BCUT2D eigenvalue weighted by Crippen LogP contribution is -1.99. The third-order valence-electron chi connectivity index (χ3n) is 2.13. The van der Waals surface area contributed by atoms with Crippen LogP contribution >= 0.6 is 11.6 Å². The molecule has 1 N–H and O–H groups in total. The molecular weight excluding hydrogens is 236 g/mol. The van der Waals surface area contributed by atoms with Gasteiger partial charge in [-0.2, -0.15) is 4.98 Å². The molecule has 17 heavy (non-hydrogen) atoms. The molecule has 1 aromatic heterocycles. The lowest BCUT2D eigenvalue weighted by atomic mass is 10.3. The summed E-state index contributed by atoms with van der Waals surface area (Å²) in [6, 6.07) is 12.9. The van der Waals surface area contributed by atoms with E-state index >= 15 is 0 Å². The topological polar surface area (TPSA) is 34.1 Å². The first-order chi connectivity index (χ1) is 8.29. The van der Waals surface area contributed by atoms with Crippen molar-refractivity contribution in [3.63, 3.8) is 0 Å². The van der Waals surface area contributed by atoms with Gasteiger partial charge in [-0.3, -0.25) is 0 Å². The third-order valence-corrected chi connectivity index (χ3v) is 2.44. The van der Waals surface area contributed by atoms with Crippen LogP contribution in [0.3, 0.4) is 0 Å². The number of nitrogens with zero attached hydrogens (tertiary/aromatic N) is 1. The van der Waals surface area contributed by atoms with Gasteiger partial charge < -0.3 is 10.1 Å². The second-order valence-corrected chi connectivity index (χ2v) is 3.83. The van der Waals surface area contributed by atoms with Crippen molar-refractivity contribution in [2.75, 3.05) is 11.9 Å². The highest BCUT2D eigenvalue weighted by Gasteiger charge is 2.03. The van der Waals surface area contributed by atoms with Crippen molar-refractivity contribution < 1.29 is 4.74 Å². The summed E-state index contributed by atoms with van der Waals surface area (Å²) in [7, 11) is 0. The van der Waals surface area contributed by atoms with E-state index in [9.17, 15) is 0 Å². The molecule has 88 valence electrons. The van der Waals surface area contributed by atoms with E-state index in [1.54, 1.807) is 12.1 Å². The molecule has 0 unspecified atom stereocenters. The third kappa shape index (κ3) is 3.11. The van der Waals surface area contributed by atoms with Crippen LogP contribution in [-0.2, 0) is 0 Å². The van der Waals surface area contributed by atoms with Crippen molar-refractivity contribution >= 4 is 17.4 Å². The average Bonchev–Trinajstić information content (AvgIpc) is 2.33. The molecule has 1 aromatic carbocycles. The standard InChI is InChI=1S/C13H13ClN2O/c1-2-15-12-8-5-9-13(16-12)17-11-7-4-3-6-10(11)14/h3-9H,2H2,1H3,(H,15,16). The maximum absolute atomic E-state index is 6.01. The minimum Gasteiger partial charge on any atom is -0.437 e. The number of hydrogen-bond donors (Lipinski definition) is 1. The Labute approximate surface area is 105 Å². The molecule has 0 saturated heterocycles. The van der Waals surface area contributed by atoms with Crippen LogP contribution in [0.15, 0.2) is 42.5 Å². The largest absolute Gasteiger partial charge is 0.437 e. The van der Waals surface area contributed by atoms with E-state index in [0.717, 1.165) is 12.4 Å². The molecule has 0 aliphatic rings. The predicted molar refractivity (Wildman–Crippen MR) is 69.9 cm³/mol. The van der Waals surface area contributed by atoms with Crippen LogP contribution in [0.4, 0.5) is 5.82 Å². The number of rotatable bonds is 4. The maximum atomic E-state index is 6.01. The first kappa shape index (κ1) is 11.7. The normalized spacial score (nSPS) is 10.0. The summed E-state index contributed by atoms with van der Waals surface area (Å²) in [6.45, 7) is 2.84. The maximum Gasteiger partial charge on any atom is 0.221 e. The molecule has 0 amide bonds. The molecule has 1 heterocycles. The SMILES string of the molecule is CCNc1cccc(Oc2ccccc2Cl)n1. The Kier molecular flexibility index (Phi) is 3.83. The number of ether oxygens (including phenoxy) is 1. The molecule has 0 bridgehead atoms. The van der Waals surface area contributed by atoms with Gasteiger partial charge in [0.2, 0.25) is 5.88 Å². The number of nitrogens with one attached hydrogen (secondary N) is 1. The number of pyridine rings is 1. The van der Waals surface area contributed by atoms with Gasteiger partial charge in [0, 0.05) is 12.6 Å². The number of para-hydroxylation sites is 1. The van der Waals surface area contributed by atoms with E-state index in [1.807, 2.05) is 37.3 Å². The Hall–Kier alpha value is -1.74. The predicted octanol–water partition coefficient (Wildman–Crippen LogP) is 3.96. The number of hydrogen-bond acceptors (Lipinski definition) is 3. The minimum absolute atomic E-state index is 0.525. The Balaban J connectivity index is 2.18. The molecule has 0 spiro atoms. The highest BCUT2D eigenvalue weighted by Crippen LogP contribution is 2.28. The van der Waals surface area contributed by atoms with E-state index in [1.165, 1.54) is 0 Å². The zero-order valence-corrected chi connectivity index (χ0v) is 10.2. The lowest BCUT2D eigenvalue weighted by molar-refractivity contribution is 0.464. The molecule has 0 aliphatic heterocycles. The number of anilines is 1. The van der Waals surface area contributed by atoms with E-state index < -0.39 is 0 Å². The van der Waals surface area contributed by atoms with Gasteiger partial charge in [-0.05, 0) is 25.1 Å². The fourth-order valence-electron chi connectivity index (χ4n) is 1.39. The minimum atomic E-state index is 0.525. The van der Waals surface area contributed by atoms with Gasteiger partial charge in [-0.15, -0.1) is 0 Å². The first-order valence-corrected chi connectivity index (χ1v) is 5.80. The molecule has 0 fully saturated rings. The lowest BCUT2D eigenvalue weighted by Gasteiger charge is -2.08. The molecule has 0 atom stereocenters. The van der Waals surface area contributed by atoms with Crippen molar-refractivity contribution in [1.29, 1.82) is 0 Å². The number of aromatic nitrogens is 1. The van der Waals surface area contributed by atoms with Crippen molar-refractivity contribution in [2.24, 2.45) is 0 Å². The Morgan fingerprint density at radius 3 is 2.76 bits per heavy atom.